The van der Waals surface area contributed by atoms with Gasteiger partial charge in [-0.25, -0.2) is 0 Å². The fraction of sp³-hybridized carbons (Fsp3) is 0.591. The molecule has 0 aromatic heterocycles. The molecule has 3 fully saturated rings. The maximum absolute atomic E-state index is 12.7. The summed E-state index contributed by atoms with van der Waals surface area (Å²) in [6, 6.07) is 7.23. The first-order valence-electron chi connectivity index (χ1n) is 10.5. The Kier molecular flexibility index (Phi) is 5.11. The van der Waals surface area contributed by atoms with Crippen molar-refractivity contribution in [1.29, 1.82) is 0 Å². The summed E-state index contributed by atoms with van der Waals surface area (Å²) in [5.74, 6) is -3.19. The average molecular weight is 399 g/mol. The van der Waals surface area contributed by atoms with E-state index in [1.165, 1.54) is 6.42 Å². The van der Waals surface area contributed by atoms with Gasteiger partial charge in [-0.2, -0.15) is 0 Å². The van der Waals surface area contributed by atoms with Crippen LogP contribution in [0.4, 0.5) is 5.69 Å². The molecular formula is C22H29N3O4. The fourth-order valence-electron chi connectivity index (χ4n) is 5.51. The van der Waals surface area contributed by atoms with Crippen LogP contribution in [0.15, 0.2) is 24.3 Å². The van der Waals surface area contributed by atoms with Crippen LogP contribution in [0.2, 0.25) is 0 Å². The smallest absolute Gasteiger partial charge is 0.324 e. The Morgan fingerprint density at radius 2 is 1.76 bits per heavy atom. The molecule has 2 heterocycles. The molecule has 0 radical (unpaired) electrons. The Labute approximate surface area is 170 Å². The second kappa shape index (κ2) is 7.44. The highest BCUT2D eigenvalue weighted by molar-refractivity contribution is 6.09. The van der Waals surface area contributed by atoms with E-state index in [1.54, 1.807) is 0 Å². The molecule has 0 bridgehead atoms. The summed E-state index contributed by atoms with van der Waals surface area (Å²) in [4.78, 5) is 39.9. The van der Waals surface area contributed by atoms with E-state index in [-0.39, 0.29) is 11.8 Å². The summed E-state index contributed by atoms with van der Waals surface area (Å²) in [5.41, 5.74) is 0.442. The lowest BCUT2D eigenvalue weighted by Crippen LogP contribution is -2.56. The van der Waals surface area contributed by atoms with Crippen LogP contribution in [0.25, 0.3) is 0 Å². The molecule has 2 amide bonds. The number of carboxylic acid groups (broad SMARTS) is 1. The first kappa shape index (κ1) is 19.9. The quantitative estimate of drug-likeness (QED) is 0.656. The number of nitrogens with zero attached hydrogens (tertiary/aromatic N) is 1. The number of amides is 2. The molecule has 29 heavy (non-hydrogen) atoms. The van der Waals surface area contributed by atoms with Crippen LogP contribution in [-0.4, -0.2) is 42.5 Å². The van der Waals surface area contributed by atoms with E-state index in [9.17, 15) is 19.5 Å². The second-order valence-electron chi connectivity index (χ2n) is 8.95. The van der Waals surface area contributed by atoms with Crippen LogP contribution in [-0.2, 0) is 14.4 Å². The first-order valence-corrected chi connectivity index (χ1v) is 10.5. The van der Waals surface area contributed by atoms with Gasteiger partial charge in [0.15, 0.2) is 0 Å². The van der Waals surface area contributed by atoms with Gasteiger partial charge < -0.3 is 10.0 Å². The Morgan fingerprint density at radius 3 is 2.34 bits per heavy atom. The molecule has 7 heteroatoms. The number of anilines is 1. The summed E-state index contributed by atoms with van der Waals surface area (Å²) in [5, 5.41) is 16.0. The van der Waals surface area contributed by atoms with Crippen molar-refractivity contribution in [3.8, 4) is 0 Å². The molecule has 4 unspecified atom stereocenters. The zero-order chi connectivity index (χ0) is 20.8. The van der Waals surface area contributed by atoms with Gasteiger partial charge in [0.05, 0.1) is 11.8 Å². The van der Waals surface area contributed by atoms with Gasteiger partial charge in [-0.3, -0.25) is 25.0 Å². The molecular weight excluding hydrogens is 370 g/mol. The minimum Gasteiger partial charge on any atom is -0.480 e. The fourth-order valence-corrected chi connectivity index (χ4v) is 5.51. The number of carboxylic acids is 1. The number of imide groups is 1. The normalized spacial score (nSPS) is 32.1. The number of fused-ring (bicyclic) bond motifs is 1. The summed E-state index contributed by atoms with van der Waals surface area (Å²) >= 11 is 0. The molecule has 3 aliphatic rings. The highest BCUT2D eigenvalue weighted by Gasteiger charge is 2.66. The van der Waals surface area contributed by atoms with Crippen LogP contribution in [0.5, 0.6) is 0 Å². The maximum Gasteiger partial charge on any atom is 0.324 e. The highest BCUT2D eigenvalue weighted by Crippen LogP contribution is 2.49. The van der Waals surface area contributed by atoms with Crippen LogP contribution in [0, 0.1) is 17.8 Å². The lowest BCUT2D eigenvalue weighted by molar-refractivity contribution is -0.150. The topological polar surface area (TPSA) is 98.7 Å². The van der Waals surface area contributed by atoms with Gasteiger partial charge in [0.2, 0.25) is 11.8 Å². The monoisotopic (exact) mass is 399 g/mol. The van der Waals surface area contributed by atoms with Crippen molar-refractivity contribution in [2.24, 2.45) is 17.8 Å². The molecule has 1 aromatic rings. The predicted octanol–water partition coefficient (Wildman–Crippen LogP) is 2.08. The molecule has 2 saturated heterocycles. The van der Waals surface area contributed by atoms with E-state index in [0.717, 1.165) is 36.9 Å². The third kappa shape index (κ3) is 3.31. The largest absolute Gasteiger partial charge is 0.480 e. The number of aliphatic carboxylic acids is 1. The number of nitrogens with one attached hydrogen (secondary N) is 2. The van der Waals surface area contributed by atoms with Gasteiger partial charge in [-0.05, 0) is 30.0 Å². The third-order valence-corrected chi connectivity index (χ3v) is 6.98. The molecule has 7 nitrogen and oxygen atoms in total. The molecule has 0 spiro atoms. The van der Waals surface area contributed by atoms with Crippen molar-refractivity contribution in [3.05, 3.63) is 29.8 Å². The summed E-state index contributed by atoms with van der Waals surface area (Å²) in [6.45, 7) is 0. The van der Waals surface area contributed by atoms with E-state index in [4.69, 9.17) is 0 Å². The van der Waals surface area contributed by atoms with Gasteiger partial charge in [0.25, 0.3) is 0 Å². The summed E-state index contributed by atoms with van der Waals surface area (Å²) < 4.78 is 0. The summed E-state index contributed by atoms with van der Waals surface area (Å²) in [7, 11) is 3.89. The number of benzene rings is 1. The maximum atomic E-state index is 12.7. The van der Waals surface area contributed by atoms with Crippen molar-refractivity contribution in [2.75, 3.05) is 19.0 Å². The van der Waals surface area contributed by atoms with Crippen LogP contribution >= 0.6 is 0 Å². The van der Waals surface area contributed by atoms with Crippen LogP contribution in [0.1, 0.15) is 50.1 Å². The van der Waals surface area contributed by atoms with E-state index >= 15 is 0 Å². The number of hydrogen-bond acceptors (Lipinski definition) is 5. The Balaban J connectivity index is 1.71. The molecule has 4 rings (SSSR count). The lowest BCUT2D eigenvalue weighted by Gasteiger charge is -2.35. The Hall–Kier alpha value is -2.41. The van der Waals surface area contributed by atoms with Crippen molar-refractivity contribution in [2.45, 2.75) is 50.1 Å². The molecule has 4 atom stereocenters. The molecule has 156 valence electrons. The number of hydrogen-bond donors (Lipinski definition) is 3. The molecule has 1 aromatic carbocycles. The Bertz CT molecular complexity index is 816. The zero-order valence-electron chi connectivity index (χ0n) is 17.0. The third-order valence-electron chi connectivity index (χ3n) is 6.98. The van der Waals surface area contributed by atoms with E-state index < -0.39 is 35.3 Å². The highest BCUT2D eigenvalue weighted by atomic mass is 16.4. The minimum atomic E-state index is -1.41. The van der Waals surface area contributed by atoms with Gasteiger partial charge in [0.1, 0.15) is 5.54 Å². The molecule has 3 N–H and O–H groups in total. The van der Waals surface area contributed by atoms with Crippen molar-refractivity contribution < 1.29 is 19.5 Å². The minimum absolute atomic E-state index is 0.256. The number of carbonyl (C=O) groups is 3. The standard InChI is InChI=1S/C22H29N3O4/c1-25(2)15-10-8-14(9-11-15)18-16-17(20(27)23-19(16)26)22(24-18,21(28)29)12-13-6-4-3-5-7-13/h8-11,13,16-18,24H,3-7,12H2,1-2H3,(H,28,29)(H,23,26,27). The van der Waals surface area contributed by atoms with Gasteiger partial charge in [0, 0.05) is 25.8 Å². The predicted molar refractivity (Wildman–Crippen MR) is 108 cm³/mol. The van der Waals surface area contributed by atoms with E-state index in [1.807, 2.05) is 43.3 Å². The van der Waals surface area contributed by atoms with Crippen molar-refractivity contribution >= 4 is 23.5 Å². The summed E-state index contributed by atoms with van der Waals surface area (Å²) in [6.07, 6.45) is 5.70. The van der Waals surface area contributed by atoms with Crippen LogP contribution in [0.3, 0.4) is 0 Å². The zero-order valence-corrected chi connectivity index (χ0v) is 17.0. The second-order valence-corrected chi connectivity index (χ2v) is 8.95. The van der Waals surface area contributed by atoms with Gasteiger partial charge in [-0.1, -0.05) is 44.2 Å². The van der Waals surface area contributed by atoms with E-state index in [2.05, 4.69) is 10.6 Å². The van der Waals surface area contributed by atoms with E-state index in [0.29, 0.717) is 6.42 Å². The lowest BCUT2D eigenvalue weighted by atomic mass is 9.72. The SMILES string of the molecule is CN(C)c1ccc(C2NC(CC3CCCCC3)(C(=O)O)C3C(=O)NC(=O)C23)cc1. The molecule has 1 aliphatic carbocycles. The van der Waals surface area contributed by atoms with Gasteiger partial charge >= 0.3 is 5.97 Å². The van der Waals surface area contributed by atoms with Crippen molar-refractivity contribution in [1.82, 2.24) is 10.6 Å². The van der Waals surface area contributed by atoms with Crippen LogP contribution < -0.4 is 15.5 Å². The average Bonchev–Trinajstić information content (AvgIpc) is 3.20. The molecule has 1 saturated carbocycles. The van der Waals surface area contributed by atoms with Crippen molar-refractivity contribution in [3.63, 3.8) is 0 Å². The van der Waals surface area contributed by atoms with Gasteiger partial charge in [-0.15, -0.1) is 0 Å². The Morgan fingerprint density at radius 1 is 1.10 bits per heavy atom. The molecule has 2 aliphatic heterocycles. The number of carbonyl (C=O) groups excluding carboxylic acids is 2. The first-order chi connectivity index (χ1) is 13.8. The number of rotatable bonds is 5.